The number of nitrogens with one attached hydrogen (secondary N) is 1. The molecule has 5 rings (SSSR count). The smallest absolute Gasteiger partial charge is 0.410 e. The van der Waals surface area contributed by atoms with Crippen molar-refractivity contribution in [3.63, 3.8) is 0 Å². The zero-order valence-electron chi connectivity index (χ0n) is 23.7. The molecule has 7 heteroatoms. The van der Waals surface area contributed by atoms with E-state index in [1.54, 1.807) is 13.4 Å². The lowest BCUT2D eigenvalue weighted by Gasteiger charge is -2.40. The molecule has 0 spiro atoms. The summed E-state index contributed by atoms with van der Waals surface area (Å²) in [5, 5.41) is 0.708. The maximum atomic E-state index is 13.1. The summed E-state index contributed by atoms with van der Waals surface area (Å²) < 4.78 is 11.0. The summed E-state index contributed by atoms with van der Waals surface area (Å²) in [6.45, 7) is 7.56. The topological polar surface area (TPSA) is 67.4 Å². The van der Waals surface area contributed by atoms with Gasteiger partial charge in [0.25, 0.3) is 0 Å². The van der Waals surface area contributed by atoms with E-state index < -0.39 is 5.60 Å². The number of nitrogens with zero attached hydrogens (tertiary/aromatic N) is 2. The first-order valence-corrected chi connectivity index (χ1v) is 14.4. The summed E-state index contributed by atoms with van der Waals surface area (Å²) in [6.07, 6.45) is 4.14. The number of benzene rings is 3. The molecule has 1 fully saturated rings. The van der Waals surface area contributed by atoms with Crippen LogP contribution in [0.5, 0.6) is 0 Å². The molecule has 0 radical (unpaired) electrons. The molecule has 1 amide bonds. The fraction of sp³-hybridized carbons (Fsp3) is 0.394. The fourth-order valence-corrected chi connectivity index (χ4v) is 6.16. The lowest BCUT2D eigenvalue weighted by atomic mass is 9.76. The zero-order valence-corrected chi connectivity index (χ0v) is 24.5. The molecule has 2 heterocycles. The van der Waals surface area contributed by atoms with Gasteiger partial charge in [0.15, 0.2) is 0 Å². The van der Waals surface area contributed by atoms with E-state index in [-0.39, 0.29) is 17.9 Å². The van der Waals surface area contributed by atoms with Gasteiger partial charge in [0.05, 0.1) is 17.4 Å². The number of para-hydroxylation sites is 1. The molecule has 1 aromatic heterocycles. The number of aromatic nitrogens is 2. The molecular weight excluding hydrogens is 522 g/mol. The Morgan fingerprint density at radius 3 is 2.67 bits per heavy atom. The molecule has 40 heavy (non-hydrogen) atoms. The minimum Gasteiger partial charge on any atom is -0.444 e. The minimum atomic E-state index is -0.556. The van der Waals surface area contributed by atoms with E-state index in [4.69, 9.17) is 21.1 Å². The van der Waals surface area contributed by atoms with E-state index >= 15 is 0 Å². The van der Waals surface area contributed by atoms with E-state index in [2.05, 4.69) is 64.6 Å². The zero-order chi connectivity index (χ0) is 28.3. The van der Waals surface area contributed by atoms with Crippen LogP contribution in [0.2, 0.25) is 5.02 Å². The number of carbonyl (C=O) groups excluding carboxylic acids is 1. The number of halogens is 1. The highest BCUT2D eigenvalue weighted by atomic mass is 35.5. The maximum Gasteiger partial charge on any atom is 0.410 e. The van der Waals surface area contributed by atoms with Crippen LogP contribution in [0.4, 0.5) is 4.79 Å². The maximum absolute atomic E-state index is 13.1. The van der Waals surface area contributed by atoms with Crippen molar-refractivity contribution in [2.24, 2.45) is 0 Å². The van der Waals surface area contributed by atoms with Crippen LogP contribution < -0.4 is 0 Å². The van der Waals surface area contributed by atoms with E-state index in [0.29, 0.717) is 18.1 Å². The molecule has 1 saturated heterocycles. The number of piperidine rings is 1. The van der Waals surface area contributed by atoms with Gasteiger partial charge in [-0.25, -0.2) is 9.78 Å². The van der Waals surface area contributed by atoms with Gasteiger partial charge in [0.2, 0.25) is 0 Å². The number of fused-ring (bicyclic) bond motifs is 1. The number of imidazole rings is 1. The number of amides is 1. The molecule has 1 N–H and O–H groups in total. The van der Waals surface area contributed by atoms with Gasteiger partial charge in [-0.05, 0) is 85.9 Å². The van der Waals surface area contributed by atoms with Crippen molar-refractivity contribution in [3.8, 4) is 11.1 Å². The van der Waals surface area contributed by atoms with E-state index in [9.17, 15) is 4.79 Å². The predicted molar refractivity (Wildman–Crippen MR) is 161 cm³/mol. The number of methoxy groups -OCH3 is 1. The van der Waals surface area contributed by atoms with Crippen molar-refractivity contribution in [2.75, 3.05) is 26.8 Å². The second-order valence-electron chi connectivity index (χ2n) is 11.6. The number of H-pyrrole nitrogens is 1. The molecule has 2 unspecified atom stereocenters. The Balaban J connectivity index is 1.51. The highest BCUT2D eigenvalue weighted by Gasteiger charge is 2.37. The molecule has 3 aromatic carbocycles. The highest BCUT2D eigenvalue weighted by molar-refractivity contribution is 6.31. The molecule has 0 saturated carbocycles. The van der Waals surface area contributed by atoms with Crippen molar-refractivity contribution in [1.29, 1.82) is 0 Å². The number of ether oxygens (including phenoxy) is 2. The van der Waals surface area contributed by atoms with E-state index in [1.807, 2.05) is 31.7 Å². The minimum absolute atomic E-state index is 0.0120. The molecule has 210 valence electrons. The Hall–Kier alpha value is -3.35. The summed E-state index contributed by atoms with van der Waals surface area (Å²) in [4.78, 5) is 22.8. The van der Waals surface area contributed by atoms with Gasteiger partial charge in [-0.3, -0.25) is 0 Å². The molecule has 0 aliphatic carbocycles. The molecule has 2 atom stereocenters. The van der Waals surface area contributed by atoms with Gasteiger partial charge >= 0.3 is 6.09 Å². The number of aryl methyl sites for hydroxylation is 1. The van der Waals surface area contributed by atoms with Crippen LogP contribution in [0, 0.1) is 0 Å². The number of aromatic amines is 1. The highest BCUT2D eigenvalue weighted by Crippen LogP contribution is 2.44. The van der Waals surface area contributed by atoms with Crippen LogP contribution in [0.25, 0.3) is 22.2 Å². The first-order chi connectivity index (χ1) is 19.2. The predicted octanol–water partition coefficient (Wildman–Crippen LogP) is 7.97. The van der Waals surface area contributed by atoms with Crippen molar-refractivity contribution >= 4 is 28.7 Å². The van der Waals surface area contributed by atoms with E-state index in [1.165, 1.54) is 16.7 Å². The van der Waals surface area contributed by atoms with Crippen LogP contribution in [-0.4, -0.2) is 53.4 Å². The molecular formula is C33H38ClN3O3. The van der Waals surface area contributed by atoms with Gasteiger partial charge < -0.3 is 19.4 Å². The van der Waals surface area contributed by atoms with Crippen molar-refractivity contribution in [2.45, 2.75) is 57.5 Å². The van der Waals surface area contributed by atoms with Crippen molar-refractivity contribution in [3.05, 3.63) is 88.7 Å². The van der Waals surface area contributed by atoms with Gasteiger partial charge in [-0.15, -0.1) is 0 Å². The normalized spacial score (nSPS) is 17.8. The standard InChI is InChI=1S/C33H38ClN3O3/c1-33(2,3)40-32(38)37-17-16-25(27-12-7-13-30-31(27)36-21-35-30)28(20-37)26-15-14-23(19-29(26)34)24-11-6-5-9-22(24)10-8-18-39-4/h5-7,9,11-15,19,21,25,28H,8,10,16-18,20H2,1-4H3,(H,35,36). The number of hydrogen-bond donors (Lipinski definition) is 1. The SMILES string of the molecule is COCCCc1ccccc1-c1ccc(C2CN(C(=O)OC(C)(C)C)CCC2c2cccc3[nH]cnc23)c(Cl)c1. The molecule has 1 aliphatic rings. The number of carbonyl (C=O) groups is 1. The van der Waals surface area contributed by atoms with E-state index in [0.717, 1.165) is 48.0 Å². The first-order valence-electron chi connectivity index (χ1n) is 14.0. The average Bonchev–Trinajstić information content (AvgIpc) is 3.42. The van der Waals surface area contributed by atoms with Crippen LogP contribution in [0.1, 0.15) is 62.1 Å². The Kier molecular flexibility index (Phi) is 8.48. The third-order valence-corrected chi connectivity index (χ3v) is 8.00. The third-order valence-electron chi connectivity index (χ3n) is 7.67. The summed E-state index contributed by atoms with van der Waals surface area (Å²) in [6, 6.07) is 21.1. The second-order valence-corrected chi connectivity index (χ2v) is 12.0. The molecule has 4 aromatic rings. The quantitative estimate of drug-likeness (QED) is 0.233. The molecule has 0 bridgehead atoms. The van der Waals surface area contributed by atoms with Crippen LogP contribution in [0.3, 0.4) is 0 Å². The first kappa shape index (κ1) is 28.2. The Labute approximate surface area is 241 Å². The van der Waals surface area contributed by atoms with Crippen LogP contribution in [-0.2, 0) is 15.9 Å². The van der Waals surface area contributed by atoms with Crippen LogP contribution >= 0.6 is 11.6 Å². The van der Waals surface area contributed by atoms with Gasteiger partial charge in [0.1, 0.15) is 5.60 Å². The van der Waals surface area contributed by atoms with Gasteiger partial charge in [0, 0.05) is 37.7 Å². The third kappa shape index (κ3) is 6.18. The number of likely N-dealkylation sites (tertiary alicyclic amines) is 1. The lowest BCUT2D eigenvalue weighted by molar-refractivity contribution is 0.0184. The largest absolute Gasteiger partial charge is 0.444 e. The Morgan fingerprint density at radius 1 is 1.07 bits per heavy atom. The van der Waals surface area contributed by atoms with Crippen molar-refractivity contribution in [1.82, 2.24) is 14.9 Å². The Bertz CT molecular complexity index is 1480. The molecule has 6 nitrogen and oxygen atoms in total. The fourth-order valence-electron chi connectivity index (χ4n) is 5.84. The summed E-state index contributed by atoms with van der Waals surface area (Å²) in [7, 11) is 1.74. The van der Waals surface area contributed by atoms with Crippen molar-refractivity contribution < 1.29 is 14.3 Å². The van der Waals surface area contributed by atoms with Crippen LogP contribution in [0.15, 0.2) is 67.0 Å². The summed E-state index contributed by atoms with van der Waals surface area (Å²) in [5.41, 5.74) is 7.19. The number of rotatable bonds is 7. The number of hydrogen-bond acceptors (Lipinski definition) is 4. The summed E-state index contributed by atoms with van der Waals surface area (Å²) >= 11 is 7.10. The summed E-state index contributed by atoms with van der Waals surface area (Å²) in [5.74, 6) is 0.137. The lowest BCUT2D eigenvalue weighted by Crippen LogP contribution is -2.44. The van der Waals surface area contributed by atoms with Gasteiger partial charge in [-0.2, -0.15) is 0 Å². The second kappa shape index (κ2) is 12.0. The Morgan fingerprint density at radius 2 is 1.90 bits per heavy atom. The molecule has 1 aliphatic heterocycles. The monoisotopic (exact) mass is 559 g/mol. The average molecular weight is 560 g/mol. The van der Waals surface area contributed by atoms with Gasteiger partial charge in [-0.1, -0.05) is 60.1 Å².